The Morgan fingerprint density at radius 1 is 0.593 bits per heavy atom. The quantitative estimate of drug-likeness (QED) is 0.422. The van der Waals surface area contributed by atoms with E-state index in [4.69, 9.17) is 0 Å². The Bertz CT molecular complexity index is 965. The number of nitrogens with zero attached hydrogens (tertiary/aromatic N) is 2. The minimum Gasteiger partial charge on any atom is -0.302 e. The first kappa shape index (κ1) is 17.4. The first-order valence-electron chi connectivity index (χ1n) is 8.73. The van der Waals surface area contributed by atoms with Crippen molar-refractivity contribution in [2.24, 2.45) is 0 Å². The molecule has 0 amide bonds. The van der Waals surface area contributed by atoms with Gasteiger partial charge >= 0.3 is 0 Å². The van der Waals surface area contributed by atoms with Gasteiger partial charge < -0.3 is 9.34 Å². The largest absolute Gasteiger partial charge is 0.302 e. The fourth-order valence-electron chi connectivity index (χ4n) is 3.35. The van der Waals surface area contributed by atoms with Crippen molar-refractivity contribution in [1.29, 1.82) is 0 Å². The lowest BCUT2D eigenvalue weighted by molar-refractivity contribution is 0.101. The number of anilines is 4. The number of para-hydroxylation sites is 4. The van der Waals surface area contributed by atoms with Crippen molar-refractivity contribution in [2.45, 2.75) is 13.8 Å². The molecule has 0 radical (unpaired) electrons. The molecular weight excluding hydrogens is 355 g/mol. The fraction of sp³-hybridized carbons (Fsp3) is 0.0909. The molecule has 4 nitrogen and oxygen atoms in total. The van der Waals surface area contributed by atoms with E-state index >= 15 is 0 Å². The second-order valence-electron chi connectivity index (χ2n) is 6.41. The van der Waals surface area contributed by atoms with Gasteiger partial charge in [-0.25, -0.2) is 0 Å². The van der Waals surface area contributed by atoms with Crippen LogP contribution in [0.1, 0.15) is 34.6 Å². The maximum absolute atomic E-state index is 12.1. The number of hydrogen-bond donors (Lipinski definition) is 0. The van der Waals surface area contributed by atoms with Gasteiger partial charge in [0.2, 0.25) is 0 Å². The van der Waals surface area contributed by atoms with Crippen LogP contribution in [-0.2, 0) is 0 Å². The van der Waals surface area contributed by atoms with Gasteiger partial charge in [0.1, 0.15) is 0 Å². The summed E-state index contributed by atoms with van der Waals surface area (Å²) in [7, 11) is 0.224. The highest BCUT2D eigenvalue weighted by atomic mass is 31.1. The molecule has 0 N–H and O–H groups in total. The van der Waals surface area contributed by atoms with E-state index in [-0.39, 0.29) is 20.4 Å². The Balaban J connectivity index is 1.87. The van der Waals surface area contributed by atoms with Gasteiger partial charge in [-0.3, -0.25) is 9.59 Å². The molecule has 3 aromatic rings. The lowest BCUT2D eigenvalue weighted by atomic mass is 10.1. The molecule has 27 heavy (non-hydrogen) atoms. The summed E-state index contributed by atoms with van der Waals surface area (Å²) in [5, 5.41) is 0. The number of carbonyl (C=O) groups is 2. The van der Waals surface area contributed by atoms with Crippen LogP contribution in [0.5, 0.6) is 0 Å². The van der Waals surface area contributed by atoms with Crippen LogP contribution >= 0.6 is 8.88 Å². The highest BCUT2D eigenvalue weighted by Gasteiger charge is 2.31. The first-order valence-corrected chi connectivity index (χ1v) is 9.63. The third kappa shape index (κ3) is 3.02. The van der Waals surface area contributed by atoms with E-state index in [9.17, 15) is 9.59 Å². The Morgan fingerprint density at radius 3 is 1.30 bits per heavy atom. The molecule has 0 bridgehead atoms. The zero-order valence-electron chi connectivity index (χ0n) is 15.1. The van der Waals surface area contributed by atoms with Crippen LogP contribution in [-0.4, -0.2) is 11.6 Å². The van der Waals surface area contributed by atoms with Gasteiger partial charge in [0, 0.05) is 11.1 Å². The lowest BCUT2D eigenvalue weighted by Gasteiger charge is -2.24. The maximum Gasteiger partial charge on any atom is 0.161 e. The monoisotopic (exact) mass is 374 g/mol. The smallest absolute Gasteiger partial charge is 0.161 e. The van der Waals surface area contributed by atoms with E-state index < -0.39 is 0 Å². The van der Waals surface area contributed by atoms with Crippen molar-refractivity contribution in [3.8, 4) is 0 Å². The summed E-state index contributed by atoms with van der Waals surface area (Å²) in [5.74, 6) is 0.0749. The lowest BCUT2D eigenvalue weighted by Crippen LogP contribution is -2.10. The van der Waals surface area contributed by atoms with Crippen LogP contribution in [0.4, 0.5) is 22.7 Å². The van der Waals surface area contributed by atoms with E-state index in [1.54, 1.807) is 13.8 Å². The van der Waals surface area contributed by atoms with Gasteiger partial charge in [0.25, 0.3) is 0 Å². The van der Waals surface area contributed by atoms with Crippen LogP contribution in [0.25, 0.3) is 0 Å². The van der Waals surface area contributed by atoms with Crippen molar-refractivity contribution in [3.63, 3.8) is 0 Å². The molecule has 0 fully saturated rings. The summed E-state index contributed by atoms with van der Waals surface area (Å²) in [6.07, 6.45) is 0. The summed E-state index contributed by atoms with van der Waals surface area (Å²) >= 11 is 0. The van der Waals surface area contributed by atoms with E-state index in [1.165, 1.54) is 0 Å². The van der Waals surface area contributed by atoms with Crippen LogP contribution < -0.4 is 9.34 Å². The third-order valence-corrected chi connectivity index (χ3v) is 5.98. The van der Waals surface area contributed by atoms with Gasteiger partial charge in [-0.2, -0.15) is 0 Å². The number of hydrogen-bond acceptors (Lipinski definition) is 4. The molecule has 0 unspecified atom stereocenters. The summed E-state index contributed by atoms with van der Waals surface area (Å²) in [4.78, 5) is 24.3. The average molecular weight is 374 g/mol. The van der Waals surface area contributed by atoms with Crippen LogP contribution in [0.2, 0.25) is 0 Å². The second kappa shape index (κ2) is 6.98. The number of rotatable bonds is 4. The minimum absolute atomic E-state index is 0.0375. The molecule has 5 heteroatoms. The van der Waals surface area contributed by atoms with E-state index in [1.807, 2.05) is 60.7 Å². The predicted molar refractivity (Wildman–Crippen MR) is 112 cm³/mol. The molecule has 4 rings (SSSR count). The summed E-state index contributed by atoms with van der Waals surface area (Å²) in [6.45, 7) is 3.18. The Morgan fingerprint density at radius 2 is 0.926 bits per heavy atom. The minimum atomic E-state index is 0.0375. The molecule has 1 heterocycles. The summed E-state index contributed by atoms with van der Waals surface area (Å²) in [5.41, 5.74) is 5.23. The Kier molecular flexibility index (Phi) is 4.51. The standard InChI is InChI=1S/C22H19N2O2P/c1-15(25)17-9-3-5-11-19(17)23-21-13-7-8-14-22(21)24(27-23)20-12-6-4-10-18(20)16(2)26/h3-14,27H,1-2H3. The van der Waals surface area contributed by atoms with Crippen molar-refractivity contribution < 1.29 is 9.59 Å². The van der Waals surface area contributed by atoms with Gasteiger partial charge in [-0.05, 0) is 50.2 Å². The van der Waals surface area contributed by atoms with Crippen LogP contribution in [0.3, 0.4) is 0 Å². The molecule has 134 valence electrons. The predicted octanol–water partition coefficient (Wildman–Crippen LogP) is 5.89. The van der Waals surface area contributed by atoms with Crippen molar-refractivity contribution in [3.05, 3.63) is 83.9 Å². The normalized spacial score (nSPS) is 12.8. The second-order valence-corrected chi connectivity index (χ2v) is 7.50. The van der Waals surface area contributed by atoms with E-state index in [0.717, 1.165) is 22.7 Å². The Hall–Kier alpha value is -2.97. The summed E-state index contributed by atoms with van der Waals surface area (Å²) in [6, 6.07) is 23.4. The van der Waals surface area contributed by atoms with Crippen molar-refractivity contribution in [2.75, 3.05) is 9.34 Å². The molecule has 0 atom stereocenters. The number of carbonyl (C=O) groups excluding carboxylic acids is 2. The van der Waals surface area contributed by atoms with E-state index in [2.05, 4.69) is 21.5 Å². The van der Waals surface area contributed by atoms with Crippen LogP contribution in [0, 0.1) is 0 Å². The zero-order chi connectivity index (χ0) is 19.0. The van der Waals surface area contributed by atoms with Crippen molar-refractivity contribution in [1.82, 2.24) is 0 Å². The maximum atomic E-state index is 12.1. The molecule has 0 saturated heterocycles. The van der Waals surface area contributed by atoms with Crippen LogP contribution in [0.15, 0.2) is 72.8 Å². The molecule has 0 saturated carbocycles. The van der Waals surface area contributed by atoms with Gasteiger partial charge in [0.15, 0.2) is 11.6 Å². The number of Topliss-reactive ketones (excluding diaryl/α,β-unsaturated/α-hetero) is 2. The molecule has 0 spiro atoms. The van der Waals surface area contributed by atoms with Gasteiger partial charge in [-0.15, -0.1) is 0 Å². The number of ketones is 2. The number of benzene rings is 3. The fourth-order valence-corrected chi connectivity index (χ4v) is 4.75. The van der Waals surface area contributed by atoms with Gasteiger partial charge in [-0.1, -0.05) is 36.4 Å². The third-order valence-electron chi connectivity index (χ3n) is 4.61. The number of fused-ring (bicyclic) bond motifs is 1. The molecule has 3 aromatic carbocycles. The van der Waals surface area contributed by atoms with Gasteiger partial charge in [0.05, 0.1) is 31.6 Å². The molecular formula is C22H19N2O2P. The SMILES string of the molecule is CC(=O)c1ccccc1N1PN(c2ccccc2C(C)=O)c2ccccc21. The highest BCUT2D eigenvalue weighted by Crippen LogP contribution is 2.56. The van der Waals surface area contributed by atoms with E-state index in [0.29, 0.717) is 11.1 Å². The van der Waals surface area contributed by atoms with Crippen molar-refractivity contribution >= 4 is 43.2 Å². The molecule has 1 aliphatic heterocycles. The average Bonchev–Trinajstić information content (AvgIpc) is 3.07. The Labute approximate surface area is 160 Å². The topological polar surface area (TPSA) is 40.6 Å². The first-order chi connectivity index (χ1) is 13.1. The molecule has 1 aliphatic rings. The molecule has 0 aliphatic carbocycles. The molecule has 0 aromatic heterocycles. The highest BCUT2D eigenvalue weighted by molar-refractivity contribution is 7.44. The summed E-state index contributed by atoms with van der Waals surface area (Å²) < 4.78 is 4.31. The zero-order valence-corrected chi connectivity index (χ0v) is 16.1.